The number of aryl methyl sites for hydroxylation is 1. The van der Waals surface area contributed by atoms with E-state index in [-0.39, 0.29) is 19.3 Å². The van der Waals surface area contributed by atoms with Crippen LogP contribution in [-0.2, 0) is 11.3 Å². The average molecular weight is 503 g/mol. The van der Waals surface area contributed by atoms with Gasteiger partial charge in [0, 0.05) is 24.3 Å². The first kappa shape index (κ1) is 25.0. The van der Waals surface area contributed by atoms with Crippen LogP contribution in [0.1, 0.15) is 30.9 Å². The highest BCUT2D eigenvalue weighted by atomic mass is 16.7. The minimum Gasteiger partial charge on any atom is -0.497 e. The SMILES string of the molecule is COc1ccc(NC(=O)COc2ccc(-c3ccc4c(c3)OCO4)cc2CN2CCCC(C)C2)c(C)c1. The summed E-state index contributed by atoms with van der Waals surface area (Å²) in [6.45, 7) is 7.32. The molecule has 1 unspecified atom stereocenters. The number of hydrogen-bond acceptors (Lipinski definition) is 6. The summed E-state index contributed by atoms with van der Waals surface area (Å²) in [6, 6.07) is 17.7. The van der Waals surface area contributed by atoms with E-state index >= 15 is 0 Å². The van der Waals surface area contributed by atoms with Gasteiger partial charge >= 0.3 is 0 Å². The number of carbonyl (C=O) groups is 1. The standard InChI is InChI=1S/C30H34N2O5/c1-20-5-4-12-32(16-20)17-24-14-22(23-7-11-28-29(15-23)37-19-36-28)6-10-27(24)35-18-30(33)31-26-9-8-25(34-3)13-21(26)2/h6-11,13-15,20H,4-5,12,16-19H2,1-3H3,(H,31,33). The summed E-state index contributed by atoms with van der Waals surface area (Å²) in [5.41, 5.74) is 4.87. The van der Waals surface area contributed by atoms with Crippen molar-refractivity contribution in [3.05, 3.63) is 65.7 Å². The lowest BCUT2D eigenvalue weighted by Gasteiger charge is -2.31. The predicted octanol–water partition coefficient (Wildman–Crippen LogP) is 5.65. The van der Waals surface area contributed by atoms with Crippen molar-refractivity contribution in [2.24, 2.45) is 5.92 Å². The van der Waals surface area contributed by atoms with E-state index in [2.05, 4.69) is 23.2 Å². The molecule has 0 saturated carbocycles. The Morgan fingerprint density at radius 3 is 2.68 bits per heavy atom. The summed E-state index contributed by atoms with van der Waals surface area (Å²) in [5, 5.41) is 2.94. The highest BCUT2D eigenvalue weighted by molar-refractivity contribution is 5.92. The van der Waals surface area contributed by atoms with Crippen LogP contribution >= 0.6 is 0 Å². The number of hydrogen-bond donors (Lipinski definition) is 1. The molecular weight excluding hydrogens is 468 g/mol. The van der Waals surface area contributed by atoms with Crippen molar-refractivity contribution in [2.45, 2.75) is 33.2 Å². The first-order valence-corrected chi connectivity index (χ1v) is 12.8. The highest BCUT2D eigenvalue weighted by Gasteiger charge is 2.20. The van der Waals surface area contributed by atoms with Gasteiger partial charge in [-0.2, -0.15) is 0 Å². The molecule has 1 saturated heterocycles. The normalized spacial score (nSPS) is 16.9. The van der Waals surface area contributed by atoms with Gasteiger partial charge in [0.25, 0.3) is 5.91 Å². The number of ether oxygens (including phenoxy) is 4. The van der Waals surface area contributed by atoms with Crippen molar-refractivity contribution >= 4 is 11.6 Å². The van der Waals surface area contributed by atoms with Crippen molar-refractivity contribution in [1.29, 1.82) is 0 Å². The summed E-state index contributed by atoms with van der Waals surface area (Å²) in [6.07, 6.45) is 2.46. The zero-order chi connectivity index (χ0) is 25.8. The molecule has 7 nitrogen and oxygen atoms in total. The van der Waals surface area contributed by atoms with E-state index in [0.29, 0.717) is 5.92 Å². The van der Waals surface area contributed by atoms with E-state index in [1.165, 1.54) is 12.8 Å². The van der Waals surface area contributed by atoms with Gasteiger partial charge in [0.05, 0.1) is 7.11 Å². The molecule has 0 spiro atoms. The lowest BCUT2D eigenvalue weighted by molar-refractivity contribution is -0.118. The van der Waals surface area contributed by atoms with Crippen molar-refractivity contribution in [2.75, 3.05) is 38.9 Å². The van der Waals surface area contributed by atoms with Crippen LogP contribution in [-0.4, -0.2) is 44.4 Å². The van der Waals surface area contributed by atoms with Gasteiger partial charge in [0.1, 0.15) is 11.5 Å². The summed E-state index contributed by atoms with van der Waals surface area (Å²) in [5.74, 6) is 3.48. The Morgan fingerprint density at radius 1 is 1.05 bits per heavy atom. The molecule has 0 aromatic heterocycles. The van der Waals surface area contributed by atoms with Gasteiger partial charge in [0.2, 0.25) is 6.79 Å². The third-order valence-corrected chi connectivity index (χ3v) is 6.97. The Hall–Kier alpha value is -3.71. The number of methoxy groups -OCH3 is 1. The maximum Gasteiger partial charge on any atom is 0.262 e. The van der Waals surface area contributed by atoms with E-state index in [1.54, 1.807) is 7.11 Å². The first-order valence-electron chi connectivity index (χ1n) is 12.8. The molecule has 2 aliphatic heterocycles. The first-order chi connectivity index (χ1) is 18.0. The van der Waals surface area contributed by atoms with Crippen molar-refractivity contribution in [3.63, 3.8) is 0 Å². The van der Waals surface area contributed by atoms with E-state index in [9.17, 15) is 4.79 Å². The summed E-state index contributed by atoms with van der Waals surface area (Å²) >= 11 is 0. The Labute approximate surface area is 218 Å². The van der Waals surface area contributed by atoms with Crippen molar-refractivity contribution < 1.29 is 23.7 Å². The van der Waals surface area contributed by atoms with Crippen LogP contribution in [0.25, 0.3) is 11.1 Å². The highest BCUT2D eigenvalue weighted by Crippen LogP contribution is 2.37. The third-order valence-electron chi connectivity index (χ3n) is 6.97. The lowest BCUT2D eigenvalue weighted by Crippen LogP contribution is -2.33. The maximum absolute atomic E-state index is 12.7. The largest absolute Gasteiger partial charge is 0.497 e. The summed E-state index contributed by atoms with van der Waals surface area (Å²) < 4.78 is 22.4. The molecule has 2 aliphatic rings. The van der Waals surface area contributed by atoms with Gasteiger partial charge in [-0.25, -0.2) is 0 Å². The molecule has 1 fully saturated rings. The van der Waals surface area contributed by atoms with Crippen molar-refractivity contribution in [3.8, 4) is 34.1 Å². The molecule has 0 radical (unpaired) electrons. The van der Waals surface area contributed by atoms with Crippen LogP contribution in [0.2, 0.25) is 0 Å². The molecular formula is C30H34N2O5. The monoisotopic (exact) mass is 502 g/mol. The van der Waals surface area contributed by atoms with Crippen LogP contribution in [0.15, 0.2) is 54.6 Å². The predicted molar refractivity (Wildman–Crippen MR) is 144 cm³/mol. The molecule has 7 heteroatoms. The number of nitrogens with one attached hydrogen (secondary N) is 1. The van der Waals surface area contributed by atoms with E-state index < -0.39 is 0 Å². The number of nitrogens with zero attached hydrogens (tertiary/aromatic N) is 1. The third kappa shape index (κ3) is 6.00. The van der Waals surface area contributed by atoms with E-state index in [4.69, 9.17) is 18.9 Å². The topological polar surface area (TPSA) is 69.3 Å². The Morgan fingerprint density at radius 2 is 1.86 bits per heavy atom. The Kier molecular flexibility index (Phi) is 7.51. The summed E-state index contributed by atoms with van der Waals surface area (Å²) in [4.78, 5) is 15.2. The van der Waals surface area contributed by atoms with Gasteiger partial charge in [-0.15, -0.1) is 0 Å². The number of carbonyl (C=O) groups excluding carboxylic acids is 1. The molecule has 1 atom stereocenters. The fraction of sp³-hybridized carbons (Fsp3) is 0.367. The van der Waals surface area contributed by atoms with Crippen LogP contribution in [0.4, 0.5) is 5.69 Å². The van der Waals surface area contributed by atoms with Gasteiger partial charge in [-0.1, -0.05) is 19.1 Å². The molecule has 1 amide bonds. The molecule has 5 rings (SSSR count). The number of benzene rings is 3. The van der Waals surface area contributed by atoms with Gasteiger partial charge < -0.3 is 24.3 Å². The number of anilines is 1. The number of piperidine rings is 1. The van der Waals surface area contributed by atoms with Crippen molar-refractivity contribution in [1.82, 2.24) is 4.90 Å². The minimum atomic E-state index is -0.203. The van der Waals surface area contributed by atoms with E-state index in [0.717, 1.165) is 70.6 Å². The molecule has 37 heavy (non-hydrogen) atoms. The second kappa shape index (κ2) is 11.1. The van der Waals surface area contributed by atoms with Crippen LogP contribution in [0.5, 0.6) is 23.0 Å². The molecule has 2 heterocycles. The molecule has 0 bridgehead atoms. The van der Waals surface area contributed by atoms with E-state index in [1.807, 2.05) is 55.5 Å². The smallest absolute Gasteiger partial charge is 0.262 e. The number of fused-ring (bicyclic) bond motifs is 1. The van der Waals surface area contributed by atoms with Gasteiger partial charge in [-0.05, 0) is 91.4 Å². The molecule has 3 aromatic carbocycles. The molecule has 194 valence electrons. The Bertz CT molecular complexity index is 1270. The fourth-order valence-electron chi connectivity index (χ4n) is 5.00. The molecule has 0 aliphatic carbocycles. The fourth-order valence-corrected chi connectivity index (χ4v) is 5.00. The quantitative estimate of drug-likeness (QED) is 0.429. The minimum absolute atomic E-state index is 0.0712. The number of rotatable bonds is 8. The second-order valence-corrected chi connectivity index (χ2v) is 9.89. The maximum atomic E-state index is 12.7. The number of likely N-dealkylation sites (tertiary alicyclic amines) is 1. The zero-order valence-electron chi connectivity index (χ0n) is 21.7. The molecule has 1 N–H and O–H groups in total. The lowest BCUT2D eigenvalue weighted by atomic mass is 9.98. The summed E-state index contributed by atoms with van der Waals surface area (Å²) in [7, 11) is 1.63. The van der Waals surface area contributed by atoms with Crippen LogP contribution in [0, 0.1) is 12.8 Å². The van der Waals surface area contributed by atoms with Gasteiger partial charge in [0.15, 0.2) is 18.1 Å². The van der Waals surface area contributed by atoms with Gasteiger partial charge in [-0.3, -0.25) is 9.69 Å². The number of amides is 1. The van der Waals surface area contributed by atoms with Crippen LogP contribution < -0.4 is 24.3 Å². The Balaban J connectivity index is 1.33. The molecule has 3 aromatic rings. The average Bonchev–Trinajstić information content (AvgIpc) is 3.37. The zero-order valence-corrected chi connectivity index (χ0v) is 21.7. The second-order valence-electron chi connectivity index (χ2n) is 9.89. The van der Waals surface area contributed by atoms with Crippen LogP contribution in [0.3, 0.4) is 0 Å².